The first kappa shape index (κ1) is 21.2. The van der Waals surface area contributed by atoms with Crippen molar-refractivity contribution in [1.29, 1.82) is 0 Å². The van der Waals surface area contributed by atoms with E-state index < -0.39 is 0 Å². The van der Waals surface area contributed by atoms with Gasteiger partial charge in [-0.05, 0) is 38.3 Å². The number of carbonyl (C=O) groups excluding carboxylic acids is 1. The van der Waals surface area contributed by atoms with Gasteiger partial charge in [0.05, 0.1) is 24.0 Å². The van der Waals surface area contributed by atoms with Crippen LogP contribution in [0.1, 0.15) is 43.2 Å². The van der Waals surface area contributed by atoms with Crippen LogP contribution in [0.25, 0.3) is 22.0 Å². The summed E-state index contributed by atoms with van der Waals surface area (Å²) >= 11 is 0. The van der Waals surface area contributed by atoms with Crippen LogP contribution in [0, 0.1) is 0 Å². The molecule has 1 aliphatic rings. The van der Waals surface area contributed by atoms with Gasteiger partial charge in [0.1, 0.15) is 0 Å². The molecule has 170 valence electrons. The molecule has 0 unspecified atom stereocenters. The predicted molar refractivity (Wildman–Crippen MR) is 125 cm³/mol. The Kier molecular flexibility index (Phi) is 5.59. The van der Waals surface area contributed by atoms with E-state index in [9.17, 15) is 4.79 Å². The highest BCUT2D eigenvalue weighted by atomic mass is 16.2. The molecule has 4 aromatic rings. The van der Waals surface area contributed by atoms with Crippen molar-refractivity contribution < 1.29 is 4.79 Å². The van der Waals surface area contributed by atoms with Gasteiger partial charge in [0.25, 0.3) is 5.91 Å². The summed E-state index contributed by atoms with van der Waals surface area (Å²) < 4.78 is 3.57. The molecule has 1 amide bonds. The molecule has 33 heavy (non-hydrogen) atoms. The summed E-state index contributed by atoms with van der Waals surface area (Å²) in [6.45, 7) is 6.48. The van der Waals surface area contributed by atoms with Crippen molar-refractivity contribution in [3.63, 3.8) is 0 Å². The Labute approximate surface area is 191 Å². The van der Waals surface area contributed by atoms with Gasteiger partial charge in [-0.2, -0.15) is 5.10 Å². The Balaban J connectivity index is 1.29. The van der Waals surface area contributed by atoms with Crippen LogP contribution in [0.2, 0.25) is 0 Å². The highest BCUT2D eigenvalue weighted by molar-refractivity contribution is 6.02. The van der Waals surface area contributed by atoms with Gasteiger partial charge in [0.2, 0.25) is 5.95 Å². The van der Waals surface area contributed by atoms with Gasteiger partial charge < -0.3 is 4.90 Å². The molecule has 10 heteroatoms. The minimum Gasteiger partial charge on any atom is -0.301 e. The highest BCUT2D eigenvalue weighted by Crippen LogP contribution is 2.24. The number of hydrogen-bond donors (Lipinski definition) is 1. The van der Waals surface area contributed by atoms with Crippen molar-refractivity contribution >= 4 is 22.8 Å². The van der Waals surface area contributed by atoms with Crippen molar-refractivity contribution in [2.75, 3.05) is 18.4 Å². The monoisotopic (exact) mass is 445 g/mol. The molecule has 0 atom stereocenters. The SMILES string of the molecule is CC(C)N1CCC(n2cc(C(=O)Nc3ncc4ccc(-c5cnn(C)c5)cc4n3)nn2)CC1. The number of hydrogen-bond acceptors (Lipinski definition) is 7. The maximum atomic E-state index is 12.8. The number of amides is 1. The molecule has 4 heterocycles. The van der Waals surface area contributed by atoms with Crippen molar-refractivity contribution in [3.8, 4) is 11.1 Å². The molecular weight excluding hydrogens is 418 g/mol. The van der Waals surface area contributed by atoms with Gasteiger partial charge in [0.15, 0.2) is 5.69 Å². The molecule has 1 fully saturated rings. The fourth-order valence-corrected chi connectivity index (χ4v) is 4.22. The quantitative estimate of drug-likeness (QED) is 0.503. The van der Waals surface area contributed by atoms with E-state index in [0.29, 0.717) is 6.04 Å². The number of rotatable bonds is 5. The number of carbonyl (C=O) groups is 1. The number of aromatic nitrogens is 7. The number of piperidine rings is 1. The first-order valence-corrected chi connectivity index (χ1v) is 11.2. The van der Waals surface area contributed by atoms with Crippen LogP contribution in [0.4, 0.5) is 5.95 Å². The molecule has 0 saturated carbocycles. The second-order valence-electron chi connectivity index (χ2n) is 8.77. The van der Waals surface area contributed by atoms with E-state index in [1.165, 1.54) is 0 Å². The molecule has 10 nitrogen and oxygen atoms in total. The van der Waals surface area contributed by atoms with Gasteiger partial charge in [0, 0.05) is 49.5 Å². The van der Waals surface area contributed by atoms with Gasteiger partial charge in [-0.15, -0.1) is 5.10 Å². The highest BCUT2D eigenvalue weighted by Gasteiger charge is 2.24. The molecule has 1 aliphatic heterocycles. The van der Waals surface area contributed by atoms with E-state index in [1.54, 1.807) is 23.3 Å². The number of aryl methyl sites for hydroxylation is 1. The van der Waals surface area contributed by atoms with E-state index in [4.69, 9.17) is 0 Å². The number of nitrogens with zero attached hydrogens (tertiary/aromatic N) is 8. The number of likely N-dealkylation sites (tertiary alicyclic amines) is 1. The second kappa shape index (κ2) is 8.70. The summed E-state index contributed by atoms with van der Waals surface area (Å²) in [4.78, 5) is 24.0. The van der Waals surface area contributed by atoms with Crippen molar-refractivity contribution in [3.05, 3.63) is 48.7 Å². The molecule has 1 aromatic carbocycles. The number of anilines is 1. The normalized spacial score (nSPS) is 15.4. The van der Waals surface area contributed by atoms with Crippen LogP contribution in [0.5, 0.6) is 0 Å². The van der Waals surface area contributed by atoms with E-state index in [-0.39, 0.29) is 23.6 Å². The maximum Gasteiger partial charge on any atom is 0.280 e. The zero-order valence-electron chi connectivity index (χ0n) is 19.0. The Hall–Kier alpha value is -3.66. The van der Waals surface area contributed by atoms with Gasteiger partial charge in [-0.3, -0.25) is 14.8 Å². The van der Waals surface area contributed by atoms with Crippen LogP contribution >= 0.6 is 0 Å². The third kappa shape index (κ3) is 4.47. The van der Waals surface area contributed by atoms with E-state index >= 15 is 0 Å². The fraction of sp³-hybridized carbons (Fsp3) is 0.391. The lowest BCUT2D eigenvalue weighted by Crippen LogP contribution is -2.39. The van der Waals surface area contributed by atoms with Crippen molar-refractivity contribution in [1.82, 2.24) is 39.6 Å². The molecular formula is C23H27N9O. The predicted octanol–water partition coefficient (Wildman–Crippen LogP) is 2.92. The molecule has 1 N–H and O–H groups in total. The first-order valence-electron chi connectivity index (χ1n) is 11.2. The van der Waals surface area contributed by atoms with Crippen LogP contribution in [-0.2, 0) is 7.05 Å². The van der Waals surface area contributed by atoms with Crippen molar-refractivity contribution in [2.45, 2.75) is 38.8 Å². The Morgan fingerprint density at radius 2 is 1.94 bits per heavy atom. The topological polar surface area (TPSA) is 107 Å². The van der Waals surface area contributed by atoms with E-state index in [2.05, 4.69) is 49.4 Å². The van der Waals surface area contributed by atoms with E-state index in [1.807, 2.05) is 36.1 Å². The third-order valence-electron chi connectivity index (χ3n) is 6.19. The van der Waals surface area contributed by atoms with Gasteiger partial charge in [-0.25, -0.2) is 14.6 Å². The Morgan fingerprint density at radius 1 is 1.12 bits per heavy atom. The summed E-state index contributed by atoms with van der Waals surface area (Å²) in [7, 11) is 1.88. The third-order valence-corrected chi connectivity index (χ3v) is 6.19. The van der Waals surface area contributed by atoms with Crippen LogP contribution in [-0.4, -0.2) is 64.7 Å². The van der Waals surface area contributed by atoms with Crippen LogP contribution in [0.15, 0.2) is 43.0 Å². The van der Waals surface area contributed by atoms with Crippen LogP contribution < -0.4 is 5.32 Å². The minimum atomic E-state index is -0.372. The summed E-state index contributed by atoms with van der Waals surface area (Å²) in [5, 5.41) is 16.1. The lowest BCUT2D eigenvalue weighted by molar-refractivity contribution is 0.102. The number of nitrogens with one attached hydrogen (secondary N) is 1. The molecule has 0 aliphatic carbocycles. The number of benzene rings is 1. The van der Waals surface area contributed by atoms with Gasteiger partial charge >= 0.3 is 0 Å². The Morgan fingerprint density at radius 3 is 2.67 bits per heavy atom. The fourth-order valence-electron chi connectivity index (χ4n) is 4.22. The first-order chi connectivity index (χ1) is 16.0. The average Bonchev–Trinajstić information content (AvgIpc) is 3.48. The molecule has 1 saturated heterocycles. The minimum absolute atomic E-state index is 0.232. The standard InChI is InChI=1S/C23H27N9O/c1-15(2)31-8-6-19(7-9-31)32-14-21(28-29-32)22(33)27-23-24-11-17-5-4-16(10-20(17)26-23)18-12-25-30(3)13-18/h4-5,10-15,19H,6-9H2,1-3H3,(H,24,26,27,33). The lowest BCUT2D eigenvalue weighted by atomic mass is 10.0. The molecule has 0 spiro atoms. The summed E-state index contributed by atoms with van der Waals surface area (Å²) in [5.74, 6) is -0.140. The number of fused-ring (bicyclic) bond motifs is 1. The molecule has 5 rings (SSSR count). The molecule has 0 bridgehead atoms. The van der Waals surface area contributed by atoms with E-state index in [0.717, 1.165) is 48.0 Å². The largest absolute Gasteiger partial charge is 0.301 e. The average molecular weight is 446 g/mol. The summed E-state index contributed by atoms with van der Waals surface area (Å²) in [6.07, 6.45) is 9.16. The zero-order chi connectivity index (χ0) is 22.9. The smallest absolute Gasteiger partial charge is 0.280 e. The Bertz CT molecular complexity index is 1280. The van der Waals surface area contributed by atoms with Crippen molar-refractivity contribution in [2.24, 2.45) is 7.05 Å². The maximum absolute atomic E-state index is 12.8. The summed E-state index contributed by atoms with van der Waals surface area (Å²) in [6, 6.07) is 6.73. The second-order valence-corrected chi connectivity index (χ2v) is 8.77. The lowest BCUT2D eigenvalue weighted by Gasteiger charge is -2.34. The van der Waals surface area contributed by atoms with Gasteiger partial charge in [-0.1, -0.05) is 17.3 Å². The zero-order valence-corrected chi connectivity index (χ0v) is 19.0. The molecule has 0 radical (unpaired) electrons. The van der Waals surface area contributed by atoms with Crippen LogP contribution in [0.3, 0.4) is 0 Å². The molecule has 3 aromatic heterocycles. The summed E-state index contributed by atoms with van der Waals surface area (Å²) in [5.41, 5.74) is 2.99.